The standard InChI is InChI=1S/C12H18N4O2/c1-12(11(13)18)5-3-6-16(8-12)10(17)9-4-7-15(2)14-9/h4,7H,3,5-6,8H2,1-2H3,(H2,13,18). The summed E-state index contributed by atoms with van der Waals surface area (Å²) in [5.74, 6) is -0.483. The van der Waals surface area contributed by atoms with Crippen molar-refractivity contribution in [3.05, 3.63) is 18.0 Å². The number of carbonyl (C=O) groups is 2. The monoisotopic (exact) mass is 250 g/mol. The minimum atomic E-state index is -0.622. The summed E-state index contributed by atoms with van der Waals surface area (Å²) in [6, 6.07) is 1.68. The fraction of sp³-hybridized carbons (Fsp3) is 0.583. The molecule has 0 aromatic carbocycles. The third-order valence-corrected chi connectivity index (χ3v) is 3.51. The maximum absolute atomic E-state index is 12.2. The first kappa shape index (κ1) is 12.6. The average Bonchev–Trinajstić information content (AvgIpc) is 2.75. The lowest BCUT2D eigenvalue weighted by atomic mass is 9.81. The third kappa shape index (κ3) is 2.23. The number of carbonyl (C=O) groups excluding carboxylic acids is 2. The topological polar surface area (TPSA) is 81.2 Å². The van der Waals surface area contributed by atoms with Crippen molar-refractivity contribution in [1.82, 2.24) is 14.7 Å². The first-order chi connectivity index (χ1) is 8.42. The van der Waals surface area contributed by atoms with Gasteiger partial charge in [-0.3, -0.25) is 14.3 Å². The minimum Gasteiger partial charge on any atom is -0.369 e. The van der Waals surface area contributed by atoms with Crippen LogP contribution in [0, 0.1) is 5.41 Å². The summed E-state index contributed by atoms with van der Waals surface area (Å²) in [6.45, 7) is 2.84. The second-order valence-electron chi connectivity index (χ2n) is 5.13. The predicted molar refractivity (Wildman–Crippen MR) is 65.6 cm³/mol. The number of hydrogen-bond donors (Lipinski definition) is 1. The van der Waals surface area contributed by atoms with Gasteiger partial charge in [0.05, 0.1) is 5.41 Å². The Bertz CT molecular complexity index is 482. The zero-order chi connectivity index (χ0) is 13.3. The number of amides is 2. The summed E-state index contributed by atoms with van der Waals surface area (Å²) in [7, 11) is 1.76. The van der Waals surface area contributed by atoms with E-state index in [1.165, 1.54) is 0 Å². The highest BCUT2D eigenvalue weighted by molar-refractivity contribution is 5.93. The first-order valence-electron chi connectivity index (χ1n) is 6.01. The molecule has 1 fully saturated rings. The number of nitrogens with two attached hydrogens (primary N) is 1. The molecule has 1 aliphatic heterocycles. The van der Waals surface area contributed by atoms with Gasteiger partial charge < -0.3 is 10.6 Å². The number of piperidine rings is 1. The van der Waals surface area contributed by atoms with Crippen molar-refractivity contribution >= 4 is 11.8 Å². The molecule has 2 amide bonds. The van der Waals surface area contributed by atoms with Gasteiger partial charge in [-0.05, 0) is 25.8 Å². The van der Waals surface area contributed by atoms with Crippen molar-refractivity contribution in [3.63, 3.8) is 0 Å². The summed E-state index contributed by atoms with van der Waals surface area (Å²) in [5.41, 5.74) is 5.20. The maximum Gasteiger partial charge on any atom is 0.274 e. The van der Waals surface area contributed by atoms with Crippen molar-refractivity contribution in [2.75, 3.05) is 13.1 Å². The number of aromatic nitrogens is 2. The number of nitrogens with zero attached hydrogens (tertiary/aromatic N) is 3. The van der Waals surface area contributed by atoms with Crippen LogP contribution in [0.15, 0.2) is 12.3 Å². The van der Waals surface area contributed by atoms with Crippen LogP contribution in [0.1, 0.15) is 30.3 Å². The van der Waals surface area contributed by atoms with Crippen molar-refractivity contribution in [3.8, 4) is 0 Å². The van der Waals surface area contributed by atoms with Crippen molar-refractivity contribution in [2.45, 2.75) is 19.8 Å². The molecule has 6 nitrogen and oxygen atoms in total. The van der Waals surface area contributed by atoms with Gasteiger partial charge in [0.15, 0.2) is 0 Å². The molecule has 0 radical (unpaired) electrons. The van der Waals surface area contributed by atoms with Crippen LogP contribution in [-0.4, -0.2) is 39.6 Å². The van der Waals surface area contributed by atoms with Gasteiger partial charge in [0.2, 0.25) is 5.91 Å². The lowest BCUT2D eigenvalue weighted by Gasteiger charge is -2.37. The Morgan fingerprint density at radius 3 is 2.78 bits per heavy atom. The van der Waals surface area contributed by atoms with Crippen molar-refractivity contribution in [1.29, 1.82) is 0 Å². The molecule has 0 aliphatic carbocycles. The normalized spacial score (nSPS) is 24.0. The average molecular weight is 250 g/mol. The molecule has 98 valence electrons. The summed E-state index contributed by atoms with van der Waals surface area (Å²) in [5, 5.41) is 4.09. The Balaban J connectivity index is 2.14. The summed E-state index contributed by atoms with van der Waals surface area (Å²) in [6.07, 6.45) is 3.25. The number of rotatable bonds is 2. The molecule has 0 bridgehead atoms. The van der Waals surface area contributed by atoms with Crippen LogP contribution >= 0.6 is 0 Å². The molecule has 1 saturated heterocycles. The Labute approximate surface area is 106 Å². The minimum absolute atomic E-state index is 0.136. The number of primary amides is 1. The molecule has 1 aliphatic rings. The van der Waals surface area contributed by atoms with E-state index in [4.69, 9.17) is 5.73 Å². The number of aryl methyl sites for hydroxylation is 1. The van der Waals surface area contributed by atoms with E-state index >= 15 is 0 Å². The predicted octanol–water partition coefficient (Wildman–Crippen LogP) is 0.148. The number of hydrogen-bond acceptors (Lipinski definition) is 3. The first-order valence-corrected chi connectivity index (χ1v) is 6.01. The Hall–Kier alpha value is -1.85. The molecule has 1 aromatic heterocycles. The molecule has 2 N–H and O–H groups in total. The Morgan fingerprint density at radius 2 is 2.22 bits per heavy atom. The maximum atomic E-state index is 12.2. The molecule has 18 heavy (non-hydrogen) atoms. The van der Waals surface area contributed by atoms with Gasteiger partial charge in [0.1, 0.15) is 5.69 Å². The SMILES string of the molecule is Cn1ccc(C(=O)N2CCCC(C)(C(N)=O)C2)n1. The van der Waals surface area contributed by atoms with Crippen LogP contribution in [0.5, 0.6) is 0 Å². The summed E-state index contributed by atoms with van der Waals surface area (Å²) < 4.78 is 1.59. The van der Waals surface area contributed by atoms with E-state index in [0.717, 1.165) is 12.8 Å². The van der Waals surface area contributed by atoms with Gasteiger partial charge in [-0.2, -0.15) is 5.10 Å². The quantitative estimate of drug-likeness (QED) is 0.811. The van der Waals surface area contributed by atoms with Gasteiger partial charge in [0, 0.05) is 26.3 Å². The summed E-state index contributed by atoms with van der Waals surface area (Å²) >= 11 is 0. The van der Waals surface area contributed by atoms with Crippen LogP contribution in [0.2, 0.25) is 0 Å². The van der Waals surface area contributed by atoms with E-state index < -0.39 is 5.41 Å². The molecule has 0 saturated carbocycles. The molecule has 2 rings (SSSR count). The van der Waals surface area contributed by atoms with Crippen LogP contribution in [0.3, 0.4) is 0 Å². The molecular weight excluding hydrogens is 232 g/mol. The summed E-state index contributed by atoms with van der Waals surface area (Å²) in [4.78, 5) is 25.3. The van der Waals surface area contributed by atoms with Crippen LogP contribution < -0.4 is 5.73 Å². The van der Waals surface area contributed by atoms with Crippen molar-refractivity contribution < 1.29 is 9.59 Å². The van der Waals surface area contributed by atoms with E-state index in [2.05, 4.69) is 5.10 Å². The Kier molecular flexibility index (Phi) is 3.11. The lowest BCUT2D eigenvalue weighted by Crippen LogP contribution is -2.50. The highest BCUT2D eigenvalue weighted by Gasteiger charge is 2.38. The largest absolute Gasteiger partial charge is 0.369 e. The van der Waals surface area contributed by atoms with Gasteiger partial charge >= 0.3 is 0 Å². The van der Waals surface area contributed by atoms with Gasteiger partial charge in [0.25, 0.3) is 5.91 Å². The fourth-order valence-corrected chi connectivity index (χ4v) is 2.31. The second-order valence-corrected chi connectivity index (χ2v) is 5.13. The third-order valence-electron chi connectivity index (χ3n) is 3.51. The molecule has 2 heterocycles. The smallest absolute Gasteiger partial charge is 0.274 e. The van der Waals surface area contributed by atoms with Crippen LogP contribution in [0.4, 0.5) is 0 Å². The molecule has 0 spiro atoms. The van der Waals surface area contributed by atoms with Gasteiger partial charge in [-0.15, -0.1) is 0 Å². The van der Waals surface area contributed by atoms with Crippen molar-refractivity contribution in [2.24, 2.45) is 18.2 Å². The lowest BCUT2D eigenvalue weighted by molar-refractivity contribution is -0.129. The highest BCUT2D eigenvalue weighted by Crippen LogP contribution is 2.29. The highest BCUT2D eigenvalue weighted by atomic mass is 16.2. The van der Waals surface area contributed by atoms with E-state index in [9.17, 15) is 9.59 Å². The van der Waals surface area contributed by atoms with Crippen LogP contribution in [0.25, 0.3) is 0 Å². The van der Waals surface area contributed by atoms with E-state index in [1.54, 1.807) is 28.9 Å². The van der Waals surface area contributed by atoms with E-state index in [0.29, 0.717) is 18.8 Å². The van der Waals surface area contributed by atoms with Crippen LogP contribution in [-0.2, 0) is 11.8 Å². The molecule has 1 unspecified atom stereocenters. The molecule has 1 aromatic rings. The van der Waals surface area contributed by atoms with Gasteiger partial charge in [-0.1, -0.05) is 0 Å². The van der Waals surface area contributed by atoms with E-state index in [-0.39, 0.29) is 11.8 Å². The zero-order valence-corrected chi connectivity index (χ0v) is 10.7. The fourth-order valence-electron chi connectivity index (χ4n) is 2.31. The van der Waals surface area contributed by atoms with E-state index in [1.807, 2.05) is 6.92 Å². The second kappa shape index (κ2) is 4.44. The molecular formula is C12H18N4O2. The zero-order valence-electron chi connectivity index (χ0n) is 10.7. The number of likely N-dealkylation sites (tertiary alicyclic amines) is 1. The van der Waals surface area contributed by atoms with Gasteiger partial charge in [-0.25, -0.2) is 0 Å². The molecule has 6 heteroatoms. The Morgan fingerprint density at radius 1 is 1.50 bits per heavy atom. The molecule has 1 atom stereocenters.